The Morgan fingerprint density at radius 1 is 1.07 bits per heavy atom. The quantitative estimate of drug-likeness (QED) is 0.849. The first-order valence-corrected chi connectivity index (χ1v) is 8.98. The van der Waals surface area contributed by atoms with Gasteiger partial charge in [0.15, 0.2) is 0 Å². The number of carbonyl (C=O) groups is 2. The zero-order chi connectivity index (χ0) is 20.3. The molecule has 148 valence electrons. The summed E-state index contributed by atoms with van der Waals surface area (Å²) in [5, 5.41) is 2.60. The summed E-state index contributed by atoms with van der Waals surface area (Å²) in [7, 11) is 4.43. The van der Waals surface area contributed by atoms with Gasteiger partial charge in [0.2, 0.25) is 0 Å². The average molecular weight is 385 g/mol. The van der Waals surface area contributed by atoms with Crippen LogP contribution in [0.25, 0.3) is 0 Å². The molecule has 1 N–H and O–H groups in total. The Balaban J connectivity index is 1.95. The number of aromatic nitrogens is 1. The highest BCUT2D eigenvalue weighted by Gasteiger charge is 2.23. The van der Waals surface area contributed by atoms with E-state index in [9.17, 15) is 14.4 Å². The molecule has 0 bridgehead atoms. The summed E-state index contributed by atoms with van der Waals surface area (Å²) in [5.74, 6) is -0.0772. The number of aryl methyl sites for hydroxylation is 1. The minimum absolute atomic E-state index is 0.0190. The Labute approximate surface area is 162 Å². The zero-order valence-corrected chi connectivity index (χ0v) is 16.2. The number of likely N-dealkylation sites (tertiary alicyclic amines) is 1. The van der Waals surface area contributed by atoms with Crippen LogP contribution in [0.1, 0.15) is 33.6 Å². The van der Waals surface area contributed by atoms with Crippen LogP contribution in [0.2, 0.25) is 0 Å². The summed E-state index contributed by atoms with van der Waals surface area (Å²) in [5.41, 5.74) is 0.128. The smallest absolute Gasteiger partial charge is 0.274 e. The molecular formula is C20H23N3O5. The fourth-order valence-electron chi connectivity index (χ4n) is 3.28. The number of rotatable bonds is 5. The van der Waals surface area contributed by atoms with Gasteiger partial charge in [-0.15, -0.1) is 0 Å². The van der Waals surface area contributed by atoms with E-state index < -0.39 is 11.5 Å². The second kappa shape index (κ2) is 8.16. The van der Waals surface area contributed by atoms with Crippen molar-refractivity contribution in [2.24, 2.45) is 7.05 Å². The lowest BCUT2D eigenvalue weighted by molar-refractivity contribution is 0.0791. The summed E-state index contributed by atoms with van der Waals surface area (Å²) < 4.78 is 11.8. The van der Waals surface area contributed by atoms with Gasteiger partial charge in [-0.25, -0.2) is 0 Å². The second-order valence-corrected chi connectivity index (χ2v) is 6.55. The average Bonchev–Trinajstić information content (AvgIpc) is 3.24. The summed E-state index contributed by atoms with van der Waals surface area (Å²) in [6, 6.07) is 6.37. The Morgan fingerprint density at radius 2 is 1.68 bits per heavy atom. The number of ether oxygens (including phenoxy) is 2. The van der Waals surface area contributed by atoms with Crippen molar-refractivity contribution in [2.45, 2.75) is 12.8 Å². The highest BCUT2D eigenvalue weighted by molar-refractivity contribution is 6.08. The van der Waals surface area contributed by atoms with Crippen LogP contribution in [0.15, 0.2) is 35.3 Å². The molecule has 3 rings (SSSR count). The van der Waals surface area contributed by atoms with Gasteiger partial charge >= 0.3 is 0 Å². The van der Waals surface area contributed by atoms with Gasteiger partial charge in [0.05, 0.1) is 19.8 Å². The van der Waals surface area contributed by atoms with Crippen molar-refractivity contribution in [3.05, 3.63) is 51.9 Å². The van der Waals surface area contributed by atoms with Gasteiger partial charge in [-0.05, 0) is 31.0 Å². The normalized spacial score (nSPS) is 13.3. The molecule has 1 saturated heterocycles. The van der Waals surface area contributed by atoms with Crippen molar-refractivity contribution in [2.75, 3.05) is 32.6 Å². The molecule has 8 nitrogen and oxygen atoms in total. The topological polar surface area (TPSA) is 89.9 Å². The maximum atomic E-state index is 12.9. The fourth-order valence-corrected chi connectivity index (χ4v) is 3.28. The first-order chi connectivity index (χ1) is 13.5. The van der Waals surface area contributed by atoms with Crippen LogP contribution < -0.4 is 20.3 Å². The molecule has 28 heavy (non-hydrogen) atoms. The van der Waals surface area contributed by atoms with Crippen LogP contribution in [0, 0.1) is 0 Å². The van der Waals surface area contributed by atoms with Crippen LogP contribution in [-0.4, -0.2) is 48.6 Å². The Kier molecular flexibility index (Phi) is 5.67. The predicted octanol–water partition coefficient (Wildman–Crippen LogP) is 1.89. The van der Waals surface area contributed by atoms with Crippen molar-refractivity contribution >= 4 is 17.5 Å². The van der Waals surface area contributed by atoms with Gasteiger partial charge in [-0.1, -0.05) is 6.07 Å². The van der Waals surface area contributed by atoms with E-state index in [2.05, 4.69) is 5.32 Å². The number of carbonyl (C=O) groups excluding carboxylic acids is 2. The van der Waals surface area contributed by atoms with Crippen LogP contribution in [0.3, 0.4) is 0 Å². The minimum Gasteiger partial charge on any atom is -0.496 e. The van der Waals surface area contributed by atoms with E-state index in [0.717, 1.165) is 12.8 Å². The number of amides is 2. The fraction of sp³-hybridized carbons (Fsp3) is 0.350. The third-order valence-corrected chi connectivity index (χ3v) is 4.73. The van der Waals surface area contributed by atoms with Crippen LogP contribution >= 0.6 is 0 Å². The number of benzene rings is 1. The summed E-state index contributed by atoms with van der Waals surface area (Å²) in [4.78, 5) is 39.8. The van der Waals surface area contributed by atoms with E-state index in [1.807, 2.05) is 0 Å². The molecule has 1 aliphatic heterocycles. The molecule has 0 aliphatic carbocycles. The molecule has 2 amide bonds. The number of hydrogen-bond donors (Lipinski definition) is 1. The lowest BCUT2D eigenvalue weighted by Gasteiger charge is -2.17. The second-order valence-electron chi connectivity index (χ2n) is 6.55. The summed E-state index contributed by atoms with van der Waals surface area (Å²) in [6.45, 7) is 1.39. The van der Waals surface area contributed by atoms with E-state index in [1.165, 1.54) is 31.0 Å². The maximum absolute atomic E-state index is 12.9. The molecule has 1 fully saturated rings. The van der Waals surface area contributed by atoms with Crippen LogP contribution in [0.4, 0.5) is 5.69 Å². The van der Waals surface area contributed by atoms with Crippen molar-refractivity contribution in [3.8, 4) is 11.5 Å². The molecule has 1 aliphatic rings. The van der Waals surface area contributed by atoms with Crippen molar-refractivity contribution in [3.63, 3.8) is 0 Å². The van der Waals surface area contributed by atoms with Crippen molar-refractivity contribution in [1.29, 1.82) is 0 Å². The number of nitrogens with one attached hydrogen (secondary N) is 1. The van der Waals surface area contributed by atoms with E-state index >= 15 is 0 Å². The molecule has 1 aromatic carbocycles. The molecular weight excluding hydrogens is 362 g/mol. The molecule has 0 saturated carbocycles. The van der Waals surface area contributed by atoms with Gasteiger partial charge < -0.3 is 24.3 Å². The molecule has 1 aromatic heterocycles. The van der Waals surface area contributed by atoms with E-state index in [4.69, 9.17) is 9.47 Å². The van der Waals surface area contributed by atoms with E-state index in [1.54, 1.807) is 30.1 Å². The highest BCUT2D eigenvalue weighted by atomic mass is 16.5. The van der Waals surface area contributed by atoms with Gasteiger partial charge in [-0.3, -0.25) is 14.4 Å². The number of nitrogens with zero attached hydrogens (tertiary/aromatic N) is 2. The van der Waals surface area contributed by atoms with Crippen molar-refractivity contribution in [1.82, 2.24) is 9.47 Å². The Morgan fingerprint density at radius 3 is 2.25 bits per heavy atom. The molecule has 2 aromatic rings. The Hall–Kier alpha value is -3.29. The first-order valence-electron chi connectivity index (χ1n) is 8.98. The third kappa shape index (κ3) is 3.71. The van der Waals surface area contributed by atoms with E-state index in [0.29, 0.717) is 30.2 Å². The molecule has 0 radical (unpaired) electrons. The molecule has 2 heterocycles. The van der Waals surface area contributed by atoms with Gasteiger partial charge in [0, 0.05) is 26.3 Å². The zero-order valence-electron chi connectivity index (χ0n) is 16.2. The highest BCUT2D eigenvalue weighted by Crippen LogP contribution is 2.28. The van der Waals surface area contributed by atoms with Crippen molar-refractivity contribution < 1.29 is 19.1 Å². The molecule has 0 spiro atoms. The largest absolute Gasteiger partial charge is 0.496 e. The number of pyridine rings is 1. The van der Waals surface area contributed by atoms with Gasteiger partial charge in [0.1, 0.15) is 22.7 Å². The maximum Gasteiger partial charge on any atom is 0.274 e. The predicted molar refractivity (Wildman–Crippen MR) is 104 cm³/mol. The lowest BCUT2D eigenvalue weighted by atomic mass is 10.1. The van der Waals surface area contributed by atoms with E-state index in [-0.39, 0.29) is 17.2 Å². The van der Waals surface area contributed by atoms with Gasteiger partial charge in [0.25, 0.3) is 17.4 Å². The standard InChI is InChI=1S/C20H23N3O5/c1-22-12-13(19(25)23-9-4-5-10-23)11-14(20(22)26)21-18(24)17-15(27-2)7-6-8-16(17)28-3/h6-8,11-12H,4-5,9-10H2,1-3H3,(H,21,24). The van der Waals surface area contributed by atoms with Crippen LogP contribution in [-0.2, 0) is 7.05 Å². The first kappa shape index (κ1) is 19.5. The number of methoxy groups -OCH3 is 2. The monoisotopic (exact) mass is 385 g/mol. The third-order valence-electron chi connectivity index (χ3n) is 4.73. The minimum atomic E-state index is -0.558. The lowest BCUT2D eigenvalue weighted by Crippen LogP contribution is -2.31. The van der Waals surface area contributed by atoms with Gasteiger partial charge in [-0.2, -0.15) is 0 Å². The van der Waals surface area contributed by atoms with Crippen LogP contribution in [0.5, 0.6) is 11.5 Å². The Bertz CT molecular complexity index is 939. The number of hydrogen-bond acceptors (Lipinski definition) is 5. The SMILES string of the molecule is COc1cccc(OC)c1C(=O)Nc1cc(C(=O)N2CCCC2)cn(C)c1=O. The molecule has 0 unspecified atom stereocenters. The molecule has 8 heteroatoms. The summed E-state index contributed by atoms with van der Waals surface area (Å²) >= 11 is 0. The molecule has 0 atom stereocenters. The number of anilines is 1. The summed E-state index contributed by atoms with van der Waals surface area (Å²) in [6.07, 6.45) is 3.42.